The van der Waals surface area contributed by atoms with Crippen molar-refractivity contribution in [2.24, 2.45) is 0 Å². The van der Waals surface area contributed by atoms with Crippen molar-refractivity contribution in [1.29, 1.82) is 0 Å². The van der Waals surface area contributed by atoms with Crippen molar-refractivity contribution < 1.29 is 9.47 Å². The highest BCUT2D eigenvalue weighted by atomic mass is 79.9. The maximum absolute atomic E-state index is 6.79. The zero-order chi connectivity index (χ0) is 30.4. The molecule has 0 aliphatic rings. The van der Waals surface area contributed by atoms with E-state index in [1.165, 1.54) is 0 Å². The monoisotopic (exact) mass is 644 g/mol. The van der Waals surface area contributed by atoms with E-state index in [1.807, 2.05) is 97.1 Å². The molecular formula is C42H29BrO2. The first-order chi connectivity index (χ1) is 22.2. The molecule has 0 fully saturated rings. The molecule has 7 rings (SSSR count). The molecule has 0 atom stereocenters. The van der Waals surface area contributed by atoms with Crippen molar-refractivity contribution in [3.05, 3.63) is 180 Å². The van der Waals surface area contributed by atoms with Crippen molar-refractivity contribution in [1.82, 2.24) is 0 Å². The van der Waals surface area contributed by atoms with Gasteiger partial charge in [-0.2, -0.15) is 0 Å². The summed E-state index contributed by atoms with van der Waals surface area (Å²) < 4.78 is 14.3. The Morgan fingerprint density at radius 2 is 0.644 bits per heavy atom. The van der Waals surface area contributed by atoms with Crippen molar-refractivity contribution in [2.75, 3.05) is 0 Å². The fourth-order valence-electron chi connectivity index (χ4n) is 5.45. The summed E-state index contributed by atoms with van der Waals surface area (Å²) >= 11 is 3.97. The third kappa shape index (κ3) is 6.31. The van der Waals surface area contributed by atoms with Gasteiger partial charge in [-0.25, -0.2) is 0 Å². The second-order valence-corrected chi connectivity index (χ2v) is 11.5. The number of benzene rings is 7. The van der Waals surface area contributed by atoms with Crippen LogP contribution < -0.4 is 9.47 Å². The first kappa shape index (κ1) is 28.4. The molecule has 0 N–H and O–H groups in total. The van der Waals surface area contributed by atoms with E-state index in [9.17, 15) is 0 Å². The summed E-state index contributed by atoms with van der Waals surface area (Å²) in [7, 11) is 0. The number of halogens is 1. The minimum absolute atomic E-state index is 0.681. The van der Waals surface area contributed by atoms with E-state index in [-0.39, 0.29) is 0 Å². The van der Waals surface area contributed by atoms with Gasteiger partial charge in [-0.05, 0) is 79.6 Å². The van der Waals surface area contributed by atoms with Crippen LogP contribution in [-0.4, -0.2) is 0 Å². The third-order valence-electron chi connectivity index (χ3n) is 7.67. The lowest BCUT2D eigenvalue weighted by Gasteiger charge is -2.21. The Labute approximate surface area is 272 Å². The van der Waals surface area contributed by atoms with E-state index in [0.29, 0.717) is 11.5 Å². The standard InChI is InChI=1S/C42H29BrO2/c43-40-41(44-36-25-13-23-34(27-36)30-15-5-1-6-16-30)38(32-19-9-3-10-20-32)29-39(33-21-11-4-12-22-33)42(40)45-37-26-14-24-35(28-37)31-17-7-2-8-18-31/h1-29H. The van der Waals surface area contributed by atoms with Gasteiger partial charge in [0.15, 0.2) is 11.5 Å². The number of hydrogen-bond donors (Lipinski definition) is 0. The van der Waals surface area contributed by atoms with Crippen LogP contribution in [0.5, 0.6) is 23.0 Å². The predicted octanol–water partition coefficient (Wildman–Crippen LogP) is 12.7. The Kier molecular flexibility index (Phi) is 8.26. The van der Waals surface area contributed by atoms with Gasteiger partial charge in [-0.15, -0.1) is 0 Å². The van der Waals surface area contributed by atoms with Crippen LogP contribution in [0.4, 0.5) is 0 Å². The normalized spacial score (nSPS) is 10.8. The van der Waals surface area contributed by atoms with Crippen LogP contribution in [0.25, 0.3) is 44.5 Å². The summed E-state index contributed by atoms with van der Waals surface area (Å²) in [6, 6.07) is 59.9. The molecule has 0 aliphatic heterocycles. The number of ether oxygens (including phenoxy) is 2. The highest BCUT2D eigenvalue weighted by Gasteiger charge is 2.23. The zero-order valence-corrected chi connectivity index (χ0v) is 26.0. The highest BCUT2D eigenvalue weighted by molar-refractivity contribution is 9.10. The molecule has 0 unspecified atom stereocenters. The first-order valence-electron chi connectivity index (χ1n) is 14.9. The smallest absolute Gasteiger partial charge is 0.153 e. The largest absolute Gasteiger partial charge is 0.455 e. The minimum atomic E-state index is 0.681. The molecule has 7 aromatic rings. The topological polar surface area (TPSA) is 18.5 Å². The molecule has 0 heterocycles. The molecule has 0 spiro atoms. The van der Waals surface area contributed by atoms with Crippen LogP contribution in [-0.2, 0) is 0 Å². The van der Waals surface area contributed by atoms with Gasteiger partial charge in [-0.3, -0.25) is 0 Å². The van der Waals surface area contributed by atoms with Crippen LogP contribution in [0.15, 0.2) is 180 Å². The SMILES string of the molecule is Brc1c(Oc2cccc(-c3ccccc3)c2)c(-c2ccccc2)cc(-c2ccccc2)c1Oc1cccc(-c2ccccc2)c1. The maximum atomic E-state index is 6.79. The number of hydrogen-bond acceptors (Lipinski definition) is 2. The van der Waals surface area contributed by atoms with E-state index < -0.39 is 0 Å². The van der Waals surface area contributed by atoms with E-state index in [1.54, 1.807) is 0 Å². The third-order valence-corrected chi connectivity index (χ3v) is 8.39. The van der Waals surface area contributed by atoms with Gasteiger partial charge in [0.2, 0.25) is 0 Å². The van der Waals surface area contributed by atoms with Crippen LogP contribution in [0.2, 0.25) is 0 Å². The molecule has 3 heteroatoms. The Morgan fingerprint density at radius 1 is 0.311 bits per heavy atom. The average molecular weight is 646 g/mol. The predicted molar refractivity (Wildman–Crippen MR) is 189 cm³/mol. The van der Waals surface area contributed by atoms with Crippen molar-refractivity contribution in [3.63, 3.8) is 0 Å². The average Bonchev–Trinajstić information content (AvgIpc) is 3.12. The zero-order valence-electron chi connectivity index (χ0n) is 24.4. The summed E-state index contributed by atoms with van der Waals surface area (Å²) in [5, 5.41) is 0. The molecule has 0 amide bonds. The van der Waals surface area contributed by atoms with Crippen LogP contribution in [0.1, 0.15) is 0 Å². The minimum Gasteiger partial charge on any atom is -0.455 e. The maximum Gasteiger partial charge on any atom is 0.153 e. The summed E-state index contributed by atoms with van der Waals surface area (Å²) in [5.74, 6) is 2.83. The molecule has 7 aromatic carbocycles. The van der Waals surface area contributed by atoms with Crippen LogP contribution in [0.3, 0.4) is 0 Å². The van der Waals surface area contributed by atoms with E-state index in [0.717, 1.165) is 60.5 Å². The van der Waals surface area contributed by atoms with Gasteiger partial charge in [-0.1, -0.05) is 146 Å². The molecule has 0 aliphatic carbocycles. The molecule has 216 valence electrons. The fourth-order valence-corrected chi connectivity index (χ4v) is 6.04. The Hall–Kier alpha value is -5.38. The molecule has 0 saturated carbocycles. The molecule has 0 radical (unpaired) electrons. The van der Waals surface area contributed by atoms with Gasteiger partial charge in [0, 0.05) is 11.1 Å². The van der Waals surface area contributed by atoms with E-state index in [2.05, 4.69) is 94.8 Å². The van der Waals surface area contributed by atoms with Crippen molar-refractivity contribution >= 4 is 15.9 Å². The first-order valence-corrected chi connectivity index (χ1v) is 15.7. The summed E-state index contributed by atoms with van der Waals surface area (Å²) in [6.07, 6.45) is 0. The van der Waals surface area contributed by atoms with Crippen LogP contribution >= 0.6 is 15.9 Å². The second kappa shape index (κ2) is 13.1. The van der Waals surface area contributed by atoms with Gasteiger partial charge >= 0.3 is 0 Å². The molecule has 0 bridgehead atoms. The van der Waals surface area contributed by atoms with Crippen molar-refractivity contribution in [2.45, 2.75) is 0 Å². The van der Waals surface area contributed by atoms with Crippen molar-refractivity contribution in [3.8, 4) is 67.5 Å². The van der Waals surface area contributed by atoms with Gasteiger partial charge in [0.25, 0.3) is 0 Å². The molecule has 0 saturated heterocycles. The van der Waals surface area contributed by atoms with Gasteiger partial charge < -0.3 is 9.47 Å². The molecular weight excluding hydrogens is 616 g/mol. The van der Waals surface area contributed by atoms with Gasteiger partial charge in [0.1, 0.15) is 16.0 Å². The highest BCUT2D eigenvalue weighted by Crippen LogP contribution is 2.51. The Balaban J connectivity index is 1.39. The quantitative estimate of drug-likeness (QED) is 0.164. The second-order valence-electron chi connectivity index (χ2n) is 10.7. The lowest BCUT2D eigenvalue weighted by Crippen LogP contribution is -1.97. The summed E-state index contributed by atoms with van der Waals surface area (Å²) in [6.45, 7) is 0. The lowest BCUT2D eigenvalue weighted by molar-refractivity contribution is 0.457. The molecule has 0 aromatic heterocycles. The van der Waals surface area contributed by atoms with Crippen LogP contribution in [0, 0.1) is 0 Å². The van der Waals surface area contributed by atoms with Gasteiger partial charge in [0.05, 0.1) is 0 Å². The lowest BCUT2D eigenvalue weighted by atomic mass is 9.97. The Morgan fingerprint density at radius 3 is 1.02 bits per heavy atom. The molecule has 2 nitrogen and oxygen atoms in total. The fraction of sp³-hybridized carbons (Fsp3) is 0. The van der Waals surface area contributed by atoms with E-state index >= 15 is 0 Å². The summed E-state index contributed by atoms with van der Waals surface area (Å²) in [5.41, 5.74) is 8.43. The molecule has 45 heavy (non-hydrogen) atoms. The van der Waals surface area contributed by atoms with E-state index in [4.69, 9.17) is 9.47 Å². The Bertz CT molecular complexity index is 1890. The summed E-state index contributed by atoms with van der Waals surface area (Å²) in [4.78, 5) is 0. The number of rotatable bonds is 8.